The smallest absolute Gasteiger partial charge is 0.261 e. The molecule has 1 aromatic carbocycles. The van der Waals surface area contributed by atoms with Crippen LogP contribution in [0, 0.1) is 6.92 Å². The number of hydrogen-bond donors (Lipinski definition) is 1. The Labute approximate surface area is 172 Å². The summed E-state index contributed by atoms with van der Waals surface area (Å²) in [5.41, 5.74) is 2.19. The summed E-state index contributed by atoms with van der Waals surface area (Å²) >= 11 is 0. The first-order valence-electron chi connectivity index (χ1n) is 10.2. The number of benzene rings is 1. The SMILES string of the molecule is Cc1ccc2nnc(CN3CCCC3c3nc4ccccc4c(=O)n3CCO)n2n1. The third-order valence-electron chi connectivity index (χ3n) is 5.68. The Morgan fingerprint density at radius 3 is 2.90 bits per heavy atom. The number of aromatic nitrogens is 6. The molecule has 9 heteroatoms. The lowest BCUT2D eigenvalue weighted by molar-refractivity contribution is 0.217. The summed E-state index contributed by atoms with van der Waals surface area (Å²) in [6.45, 7) is 3.48. The van der Waals surface area contributed by atoms with E-state index in [2.05, 4.69) is 20.2 Å². The van der Waals surface area contributed by atoms with Crippen LogP contribution in [-0.2, 0) is 13.1 Å². The number of likely N-dealkylation sites (tertiary alicyclic amines) is 1. The minimum absolute atomic E-state index is 0.0361. The van der Waals surface area contributed by atoms with Gasteiger partial charge in [0.25, 0.3) is 5.56 Å². The van der Waals surface area contributed by atoms with Gasteiger partial charge in [0.05, 0.1) is 42.3 Å². The van der Waals surface area contributed by atoms with Gasteiger partial charge in [0.15, 0.2) is 11.5 Å². The van der Waals surface area contributed by atoms with E-state index in [1.165, 1.54) is 0 Å². The molecule has 1 aliphatic rings. The summed E-state index contributed by atoms with van der Waals surface area (Å²) in [6, 6.07) is 11.2. The van der Waals surface area contributed by atoms with Crippen molar-refractivity contribution in [2.45, 2.75) is 38.9 Å². The van der Waals surface area contributed by atoms with Crippen LogP contribution < -0.4 is 5.56 Å². The average Bonchev–Trinajstić information content (AvgIpc) is 3.37. The Balaban J connectivity index is 1.56. The van der Waals surface area contributed by atoms with Crippen LogP contribution in [0.3, 0.4) is 0 Å². The number of nitrogens with zero attached hydrogens (tertiary/aromatic N) is 7. The zero-order chi connectivity index (χ0) is 20.7. The van der Waals surface area contributed by atoms with Gasteiger partial charge in [-0.25, -0.2) is 4.98 Å². The zero-order valence-electron chi connectivity index (χ0n) is 16.8. The molecule has 0 aliphatic carbocycles. The van der Waals surface area contributed by atoms with Crippen LogP contribution in [0.1, 0.15) is 36.2 Å². The molecule has 0 spiro atoms. The second kappa shape index (κ2) is 7.58. The number of rotatable bonds is 5. The van der Waals surface area contributed by atoms with E-state index >= 15 is 0 Å². The Kier molecular flexibility index (Phi) is 4.76. The van der Waals surface area contributed by atoms with E-state index in [0.29, 0.717) is 28.9 Å². The van der Waals surface area contributed by atoms with Crippen LogP contribution in [0.2, 0.25) is 0 Å². The number of para-hydroxylation sites is 1. The van der Waals surface area contributed by atoms with Crippen LogP contribution in [0.4, 0.5) is 0 Å². The molecule has 154 valence electrons. The third kappa shape index (κ3) is 3.16. The van der Waals surface area contributed by atoms with Crippen molar-refractivity contribution in [1.29, 1.82) is 0 Å². The number of fused-ring (bicyclic) bond motifs is 2. The highest BCUT2D eigenvalue weighted by Crippen LogP contribution is 2.32. The Hall–Kier alpha value is -3.17. The molecule has 4 aromatic rings. The molecule has 9 nitrogen and oxygen atoms in total. The molecule has 1 N–H and O–H groups in total. The van der Waals surface area contributed by atoms with E-state index < -0.39 is 0 Å². The lowest BCUT2D eigenvalue weighted by Crippen LogP contribution is -2.33. The van der Waals surface area contributed by atoms with Crippen molar-refractivity contribution < 1.29 is 5.11 Å². The van der Waals surface area contributed by atoms with Gasteiger partial charge in [-0.05, 0) is 50.6 Å². The van der Waals surface area contributed by atoms with Crippen molar-refractivity contribution in [3.63, 3.8) is 0 Å². The van der Waals surface area contributed by atoms with E-state index in [0.717, 1.165) is 30.9 Å². The van der Waals surface area contributed by atoms with E-state index in [9.17, 15) is 9.90 Å². The molecule has 1 aliphatic heterocycles. The molecule has 1 atom stereocenters. The third-order valence-corrected chi connectivity index (χ3v) is 5.68. The number of aliphatic hydroxyl groups excluding tert-OH is 1. The zero-order valence-corrected chi connectivity index (χ0v) is 16.8. The minimum atomic E-state index is -0.113. The maximum atomic E-state index is 13.1. The van der Waals surface area contributed by atoms with Crippen molar-refractivity contribution in [3.05, 3.63) is 64.1 Å². The highest BCUT2D eigenvalue weighted by atomic mass is 16.3. The van der Waals surface area contributed by atoms with Gasteiger partial charge >= 0.3 is 0 Å². The number of aryl methyl sites for hydroxylation is 1. The van der Waals surface area contributed by atoms with Gasteiger partial charge < -0.3 is 5.11 Å². The fourth-order valence-corrected chi connectivity index (χ4v) is 4.27. The summed E-state index contributed by atoms with van der Waals surface area (Å²) in [6.07, 6.45) is 1.88. The summed E-state index contributed by atoms with van der Waals surface area (Å²) in [5, 5.41) is 23.2. The molecule has 0 amide bonds. The van der Waals surface area contributed by atoms with Crippen molar-refractivity contribution in [3.8, 4) is 0 Å². The van der Waals surface area contributed by atoms with Crippen molar-refractivity contribution >= 4 is 16.6 Å². The molecular weight excluding hydrogens is 382 g/mol. The quantitative estimate of drug-likeness (QED) is 0.536. The fraction of sp³-hybridized carbons (Fsp3) is 0.381. The standard InChI is InChI=1S/C21H23N7O2/c1-14-8-9-18-23-24-19(28(18)25-14)13-26-10-4-7-17(26)20-22-16-6-3-2-5-15(16)21(30)27(20)11-12-29/h2-3,5-6,8-9,17,29H,4,7,10-13H2,1H3. The Bertz CT molecular complexity index is 1280. The van der Waals surface area contributed by atoms with Gasteiger partial charge in [0.2, 0.25) is 0 Å². The van der Waals surface area contributed by atoms with Gasteiger partial charge in [-0.2, -0.15) is 9.61 Å². The molecule has 5 rings (SSSR count). The number of aliphatic hydroxyl groups is 1. The van der Waals surface area contributed by atoms with E-state index in [-0.39, 0.29) is 24.8 Å². The van der Waals surface area contributed by atoms with Gasteiger partial charge in [-0.3, -0.25) is 14.3 Å². The first-order valence-corrected chi connectivity index (χ1v) is 10.2. The van der Waals surface area contributed by atoms with Crippen molar-refractivity contribution in [2.75, 3.05) is 13.2 Å². The van der Waals surface area contributed by atoms with Gasteiger partial charge in [-0.15, -0.1) is 10.2 Å². The molecule has 0 saturated carbocycles. The minimum Gasteiger partial charge on any atom is -0.395 e. The molecule has 1 saturated heterocycles. The summed E-state index contributed by atoms with van der Waals surface area (Å²) in [5.74, 6) is 1.46. The molecule has 1 unspecified atom stereocenters. The summed E-state index contributed by atoms with van der Waals surface area (Å²) in [7, 11) is 0. The van der Waals surface area contributed by atoms with E-state index in [1.54, 1.807) is 15.1 Å². The maximum absolute atomic E-state index is 13.1. The van der Waals surface area contributed by atoms with Crippen molar-refractivity contribution in [2.24, 2.45) is 0 Å². The van der Waals surface area contributed by atoms with E-state index in [1.807, 2.05) is 37.3 Å². The number of hydrogen-bond acceptors (Lipinski definition) is 7. The lowest BCUT2D eigenvalue weighted by Gasteiger charge is -2.25. The second-order valence-electron chi connectivity index (χ2n) is 7.66. The molecule has 3 aromatic heterocycles. The average molecular weight is 405 g/mol. The molecule has 0 radical (unpaired) electrons. The first-order chi connectivity index (χ1) is 14.7. The summed E-state index contributed by atoms with van der Waals surface area (Å²) in [4.78, 5) is 20.2. The summed E-state index contributed by atoms with van der Waals surface area (Å²) < 4.78 is 3.40. The lowest BCUT2D eigenvalue weighted by atomic mass is 10.1. The maximum Gasteiger partial charge on any atom is 0.261 e. The molecule has 4 heterocycles. The van der Waals surface area contributed by atoms with Crippen LogP contribution in [0.5, 0.6) is 0 Å². The van der Waals surface area contributed by atoms with Crippen LogP contribution in [-0.4, -0.2) is 52.5 Å². The second-order valence-corrected chi connectivity index (χ2v) is 7.66. The van der Waals surface area contributed by atoms with Crippen LogP contribution in [0.25, 0.3) is 16.6 Å². The monoisotopic (exact) mass is 405 g/mol. The molecule has 1 fully saturated rings. The Morgan fingerprint density at radius 2 is 2.03 bits per heavy atom. The first kappa shape index (κ1) is 18.8. The van der Waals surface area contributed by atoms with Gasteiger partial charge in [0.1, 0.15) is 5.82 Å². The van der Waals surface area contributed by atoms with Crippen molar-refractivity contribution in [1.82, 2.24) is 34.3 Å². The van der Waals surface area contributed by atoms with Crippen LogP contribution >= 0.6 is 0 Å². The molecular formula is C21H23N7O2. The highest BCUT2D eigenvalue weighted by molar-refractivity contribution is 5.77. The van der Waals surface area contributed by atoms with Crippen LogP contribution in [0.15, 0.2) is 41.2 Å². The van der Waals surface area contributed by atoms with Gasteiger partial charge in [-0.1, -0.05) is 12.1 Å². The molecule has 0 bridgehead atoms. The highest BCUT2D eigenvalue weighted by Gasteiger charge is 2.31. The Morgan fingerprint density at radius 1 is 1.17 bits per heavy atom. The topological polar surface area (TPSA) is 101 Å². The van der Waals surface area contributed by atoms with E-state index in [4.69, 9.17) is 4.98 Å². The predicted molar refractivity (Wildman–Crippen MR) is 111 cm³/mol. The predicted octanol–water partition coefficient (Wildman–Crippen LogP) is 1.47. The molecule has 30 heavy (non-hydrogen) atoms. The normalized spacial score (nSPS) is 17.3. The largest absolute Gasteiger partial charge is 0.395 e. The van der Waals surface area contributed by atoms with Gasteiger partial charge in [0, 0.05) is 0 Å². The fourth-order valence-electron chi connectivity index (χ4n) is 4.27.